The smallest absolute Gasteiger partial charge is 0.221 e. The van der Waals surface area contributed by atoms with Crippen molar-refractivity contribution in [3.63, 3.8) is 0 Å². The number of amides is 1. The molecule has 1 aromatic rings. The molecule has 2 heterocycles. The molecule has 26 heavy (non-hydrogen) atoms. The molecule has 0 spiro atoms. The van der Waals surface area contributed by atoms with E-state index in [9.17, 15) is 4.79 Å². The first-order valence-corrected chi connectivity index (χ1v) is 9.31. The number of halogens is 2. The first-order valence-electron chi connectivity index (χ1n) is 9.31. The molecule has 0 aromatic heterocycles. The van der Waals surface area contributed by atoms with Crippen LogP contribution in [-0.2, 0) is 4.79 Å². The first kappa shape index (κ1) is 23.0. The number of nitrogens with one attached hydrogen (secondary N) is 2. The highest BCUT2D eigenvalue weighted by atomic mass is 35.5. The molecule has 2 aliphatic heterocycles. The summed E-state index contributed by atoms with van der Waals surface area (Å²) in [6.07, 6.45) is 2.98. The van der Waals surface area contributed by atoms with Crippen molar-refractivity contribution >= 4 is 36.4 Å². The number of hydrogen-bond acceptors (Lipinski definition) is 4. The molecule has 2 aliphatic rings. The Labute approximate surface area is 169 Å². The lowest BCUT2D eigenvalue weighted by Gasteiger charge is -2.36. The largest absolute Gasteiger partial charge is 0.369 e. The van der Waals surface area contributed by atoms with Crippen LogP contribution in [-0.4, -0.2) is 63.2 Å². The average Bonchev–Trinajstić information content (AvgIpc) is 3.15. The van der Waals surface area contributed by atoms with Crippen molar-refractivity contribution < 1.29 is 4.79 Å². The summed E-state index contributed by atoms with van der Waals surface area (Å²) < 4.78 is 0. The molecule has 1 amide bonds. The summed E-state index contributed by atoms with van der Waals surface area (Å²) in [5, 5.41) is 6.45. The van der Waals surface area contributed by atoms with Gasteiger partial charge in [-0.15, -0.1) is 24.8 Å². The number of benzene rings is 1. The molecule has 2 saturated heterocycles. The third kappa shape index (κ3) is 7.31. The van der Waals surface area contributed by atoms with Gasteiger partial charge in [0.05, 0.1) is 0 Å². The standard InChI is InChI=1S/C19H30N4O.2ClH/c24-19(21-10-7-17-6-9-20-16-17)8-11-22-12-14-23(15-13-22)18-4-2-1-3-5-18;;/h1-5,17,20H,6-16H2,(H,21,24);2*1H. The summed E-state index contributed by atoms with van der Waals surface area (Å²) in [5.41, 5.74) is 1.30. The van der Waals surface area contributed by atoms with Crippen molar-refractivity contribution in [2.75, 3.05) is 57.3 Å². The van der Waals surface area contributed by atoms with Crippen LogP contribution >= 0.6 is 24.8 Å². The van der Waals surface area contributed by atoms with Gasteiger partial charge < -0.3 is 15.5 Å². The van der Waals surface area contributed by atoms with E-state index in [0.717, 1.165) is 64.7 Å². The van der Waals surface area contributed by atoms with Crippen molar-refractivity contribution in [1.82, 2.24) is 15.5 Å². The maximum atomic E-state index is 12.0. The van der Waals surface area contributed by atoms with Crippen LogP contribution in [0.3, 0.4) is 0 Å². The highest BCUT2D eigenvalue weighted by molar-refractivity contribution is 5.85. The minimum Gasteiger partial charge on any atom is -0.369 e. The Morgan fingerprint density at radius 2 is 1.85 bits per heavy atom. The van der Waals surface area contributed by atoms with E-state index in [4.69, 9.17) is 0 Å². The second-order valence-corrected chi connectivity index (χ2v) is 6.91. The molecule has 0 aliphatic carbocycles. The van der Waals surface area contributed by atoms with Gasteiger partial charge in [-0.3, -0.25) is 9.69 Å². The van der Waals surface area contributed by atoms with Gasteiger partial charge in [0.25, 0.3) is 0 Å². The zero-order chi connectivity index (χ0) is 16.6. The Hall–Kier alpha value is -1.01. The van der Waals surface area contributed by atoms with E-state index in [-0.39, 0.29) is 30.7 Å². The van der Waals surface area contributed by atoms with Crippen molar-refractivity contribution in [3.05, 3.63) is 30.3 Å². The van der Waals surface area contributed by atoms with Gasteiger partial charge in [-0.2, -0.15) is 0 Å². The maximum Gasteiger partial charge on any atom is 0.221 e. The molecule has 2 fully saturated rings. The molecular formula is C19H32Cl2N4O. The molecule has 2 N–H and O–H groups in total. The zero-order valence-electron chi connectivity index (χ0n) is 15.4. The number of piperazine rings is 1. The maximum absolute atomic E-state index is 12.0. The molecule has 0 bridgehead atoms. The number of rotatable bonds is 7. The van der Waals surface area contributed by atoms with E-state index in [1.165, 1.54) is 12.1 Å². The predicted molar refractivity (Wildman–Crippen MR) is 113 cm³/mol. The topological polar surface area (TPSA) is 47.6 Å². The van der Waals surface area contributed by atoms with Gasteiger partial charge in [-0.1, -0.05) is 18.2 Å². The van der Waals surface area contributed by atoms with E-state index in [1.54, 1.807) is 0 Å². The van der Waals surface area contributed by atoms with Gasteiger partial charge in [0.2, 0.25) is 5.91 Å². The molecule has 5 nitrogen and oxygen atoms in total. The number of hydrogen-bond donors (Lipinski definition) is 2. The molecule has 1 aromatic carbocycles. The molecular weight excluding hydrogens is 371 g/mol. The van der Waals surface area contributed by atoms with E-state index < -0.39 is 0 Å². The third-order valence-electron chi connectivity index (χ3n) is 5.19. The van der Waals surface area contributed by atoms with E-state index in [0.29, 0.717) is 6.42 Å². The highest BCUT2D eigenvalue weighted by Crippen LogP contribution is 2.15. The Morgan fingerprint density at radius 1 is 1.12 bits per heavy atom. The van der Waals surface area contributed by atoms with E-state index >= 15 is 0 Å². The van der Waals surface area contributed by atoms with E-state index in [2.05, 4.69) is 50.8 Å². The number of nitrogens with zero attached hydrogens (tertiary/aromatic N) is 2. The second kappa shape index (κ2) is 12.4. The van der Waals surface area contributed by atoms with Gasteiger partial charge in [0, 0.05) is 51.4 Å². The lowest BCUT2D eigenvalue weighted by molar-refractivity contribution is -0.121. The monoisotopic (exact) mass is 402 g/mol. The lowest BCUT2D eigenvalue weighted by Crippen LogP contribution is -2.47. The van der Waals surface area contributed by atoms with Crippen LogP contribution in [0.1, 0.15) is 19.3 Å². The molecule has 7 heteroatoms. The molecule has 1 unspecified atom stereocenters. The fraction of sp³-hybridized carbons (Fsp3) is 0.632. The molecule has 148 valence electrons. The summed E-state index contributed by atoms with van der Waals surface area (Å²) in [7, 11) is 0. The summed E-state index contributed by atoms with van der Waals surface area (Å²) >= 11 is 0. The molecule has 0 radical (unpaired) electrons. The van der Waals surface area contributed by atoms with Gasteiger partial charge in [-0.05, 0) is 44.0 Å². The predicted octanol–water partition coefficient (Wildman–Crippen LogP) is 2.16. The van der Waals surface area contributed by atoms with Crippen molar-refractivity contribution in [2.24, 2.45) is 5.92 Å². The van der Waals surface area contributed by atoms with Crippen LogP contribution in [0.5, 0.6) is 0 Å². The van der Waals surface area contributed by atoms with Crippen LogP contribution in [0.4, 0.5) is 5.69 Å². The third-order valence-corrected chi connectivity index (χ3v) is 5.19. The second-order valence-electron chi connectivity index (χ2n) is 6.91. The van der Waals surface area contributed by atoms with Crippen LogP contribution in [0.2, 0.25) is 0 Å². The summed E-state index contributed by atoms with van der Waals surface area (Å²) in [6, 6.07) is 10.6. The Bertz CT molecular complexity index is 504. The van der Waals surface area contributed by atoms with Crippen LogP contribution in [0, 0.1) is 5.92 Å². The normalized spacial score (nSPS) is 20.2. The first-order chi connectivity index (χ1) is 11.8. The number of para-hydroxylation sites is 1. The summed E-state index contributed by atoms with van der Waals surface area (Å²) in [5.74, 6) is 0.947. The van der Waals surface area contributed by atoms with Crippen molar-refractivity contribution in [1.29, 1.82) is 0 Å². The average molecular weight is 403 g/mol. The minimum absolute atomic E-state index is 0. The van der Waals surface area contributed by atoms with Crippen LogP contribution in [0.25, 0.3) is 0 Å². The fourth-order valence-electron chi connectivity index (χ4n) is 3.59. The van der Waals surface area contributed by atoms with E-state index in [1.807, 2.05) is 0 Å². The number of carbonyl (C=O) groups excluding carboxylic acids is 1. The van der Waals surface area contributed by atoms with Crippen molar-refractivity contribution in [2.45, 2.75) is 19.3 Å². The SMILES string of the molecule is Cl.Cl.O=C(CCN1CCN(c2ccccc2)CC1)NCCC1CCNC1. The fourth-order valence-corrected chi connectivity index (χ4v) is 3.59. The lowest BCUT2D eigenvalue weighted by atomic mass is 10.1. The van der Waals surface area contributed by atoms with Crippen LogP contribution < -0.4 is 15.5 Å². The Kier molecular flexibility index (Phi) is 11.0. The zero-order valence-corrected chi connectivity index (χ0v) is 17.0. The Balaban J connectivity index is 0.00000169. The molecule has 3 rings (SSSR count). The number of anilines is 1. The number of carbonyl (C=O) groups is 1. The van der Waals surface area contributed by atoms with Gasteiger partial charge in [-0.25, -0.2) is 0 Å². The Morgan fingerprint density at radius 3 is 2.50 bits per heavy atom. The highest BCUT2D eigenvalue weighted by Gasteiger charge is 2.18. The minimum atomic E-state index is 0. The van der Waals surface area contributed by atoms with Gasteiger partial charge in [0.15, 0.2) is 0 Å². The van der Waals surface area contributed by atoms with Gasteiger partial charge >= 0.3 is 0 Å². The van der Waals surface area contributed by atoms with Crippen LogP contribution in [0.15, 0.2) is 30.3 Å². The summed E-state index contributed by atoms with van der Waals surface area (Å²) in [6.45, 7) is 8.11. The van der Waals surface area contributed by atoms with Gasteiger partial charge in [0.1, 0.15) is 0 Å². The molecule has 1 atom stereocenters. The quantitative estimate of drug-likeness (QED) is 0.733. The molecule has 0 saturated carbocycles. The summed E-state index contributed by atoms with van der Waals surface area (Å²) in [4.78, 5) is 16.8. The van der Waals surface area contributed by atoms with Crippen molar-refractivity contribution in [3.8, 4) is 0 Å².